The van der Waals surface area contributed by atoms with Crippen LogP contribution in [0.2, 0.25) is 0 Å². The van der Waals surface area contributed by atoms with E-state index in [1.54, 1.807) is 23.2 Å². The summed E-state index contributed by atoms with van der Waals surface area (Å²) in [5.74, 6) is 1.23. The Morgan fingerprint density at radius 1 is 1.33 bits per heavy atom. The molecule has 33 heavy (non-hydrogen) atoms. The zero-order chi connectivity index (χ0) is 23.6. The molecule has 0 atom stereocenters. The van der Waals surface area contributed by atoms with Gasteiger partial charge in [0.05, 0.1) is 24.0 Å². The summed E-state index contributed by atoms with van der Waals surface area (Å²) in [6.45, 7) is 4.11. The summed E-state index contributed by atoms with van der Waals surface area (Å²) in [5, 5.41) is 15.3. The van der Waals surface area contributed by atoms with Crippen molar-refractivity contribution in [3.8, 4) is 22.9 Å². The van der Waals surface area contributed by atoms with Gasteiger partial charge < -0.3 is 26.0 Å². The molecule has 0 saturated carbocycles. The largest absolute Gasteiger partial charge is 0.490 e. The Kier molecular flexibility index (Phi) is 8.18. The number of amides is 2. The van der Waals surface area contributed by atoms with E-state index >= 15 is 0 Å². The second kappa shape index (κ2) is 11.5. The van der Waals surface area contributed by atoms with Crippen LogP contribution in [0.1, 0.15) is 25.5 Å². The van der Waals surface area contributed by atoms with Gasteiger partial charge in [0.1, 0.15) is 24.2 Å². The lowest BCUT2D eigenvalue weighted by Crippen LogP contribution is -2.29. The summed E-state index contributed by atoms with van der Waals surface area (Å²) >= 11 is 0. The Morgan fingerprint density at radius 2 is 2.18 bits per heavy atom. The van der Waals surface area contributed by atoms with Crippen LogP contribution in [0, 0.1) is 11.3 Å². The summed E-state index contributed by atoms with van der Waals surface area (Å²) in [6.07, 6.45) is 5.90. The number of likely N-dealkylation sites (tertiary alicyclic amines) is 1. The smallest absolute Gasteiger partial charge is 0.222 e. The lowest BCUT2D eigenvalue weighted by Gasteiger charge is -2.16. The number of anilines is 1. The third kappa shape index (κ3) is 6.43. The average Bonchev–Trinajstić information content (AvgIpc) is 3.23. The van der Waals surface area contributed by atoms with Crippen LogP contribution < -0.4 is 21.1 Å². The molecule has 0 aliphatic carbocycles. The fraction of sp³-hybridized carbons (Fsp3) is 0.348. The van der Waals surface area contributed by atoms with Gasteiger partial charge in [-0.05, 0) is 24.6 Å². The van der Waals surface area contributed by atoms with E-state index < -0.39 is 0 Å². The number of ether oxygens (including phenoxy) is 1. The maximum absolute atomic E-state index is 11.8. The minimum atomic E-state index is -0.0875. The van der Waals surface area contributed by atoms with Crippen LogP contribution in [-0.2, 0) is 9.59 Å². The Balaban J connectivity index is 1.74. The molecular formula is C23H27N7O3. The lowest BCUT2D eigenvalue weighted by molar-refractivity contribution is -0.128. The van der Waals surface area contributed by atoms with E-state index in [9.17, 15) is 14.9 Å². The van der Waals surface area contributed by atoms with Gasteiger partial charge in [0.15, 0.2) is 0 Å². The van der Waals surface area contributed by atoms with Gasteiger partial charge in [0.2, 0.25) is 11.8 Å². The van der Waals surface area contributed by atoms with Crippen LogP contribution in [0.25, 0.3) is 16.7 Å². The molecule has 1 saturated heterocycles. The number of allylic oxidation sites excluding steroid dienone is 1. The number of nitrogens with one attached hydrogen (secondary N) is 2. The molecule has 0 unspecified atom stereocenters. The van der Waals surface area contributed by atoms with Crippen LogP contribution >= 0.6 is 0 Å². The zero-order valence-electron chi connectivity index (χ0n) is 18.5. The minimum Gasteiger partial charge on any atom is -0.490 e. The molecule has 1 aliphatic heterocycles. The van der Waals surface area contributed by atoms with Crippen molar-refractivity contribution in [1.29, 1.82) is 5.26 Å². The normalized spacial score (nSPS) is 13.5. The third-order valence-electron chi connectivity index (χ3n) is 5.09. The van der Waals surface area contributed by atoms with Crippen molar-refractivity contribution in [2.45, 2.75) is 19.8 Å². The van der Waals surface area contributed by atoms with Gasteiger partial charge >= 0.3 is 0 Å². The number of pyridine rings is 2. The van der Waals surface area contributed by atoms with Crippen molar-refractivity contribution in [3.05, 3.63) is 42.5 Å². The molecule has 10 nitrogen and oxygen atoms in total. The first-order chi connectivity index (χ1) is 16.0. The van der Waals surface area contributed by atoms with E-state index in [0.717, 1.165) is 18.5 Å². The molecule has 10 heteroatoms. The van der Waals surface area contributed by atoms with Gasteiger partial charge in [-0.15, -0.1) is 0 Å². The van der Waals surface area contributed by atoms with Crippen molar-refractivity contribution in [2.75, 3.05) is 38.1 Å². The second-order valence-electron chi connectivity index (χ2n) is 7.43. The van der Waals surface area contributed by atoms with Crippen LogP contribution in [0.3, 0.4) is 0 Å². The van der Waals surface area contributed by atoms with E-state index in [4.69, 9.17) is 10.5 Å². The number of carbonyl (C=O) groups excluding carboxylic acids is 2. The molecule has 3 rings (SSSR count). The molecule has 0 radical (unpaired) electrons. The molecule has 2 aromatic heterocycles. The first kappa shape index (κ1) is 23.5. The fourth-order valence-electron chi connectivity index (χ4n) is 3.43. The molecule has 1 fully saturated rings. The average molecular weight is 450 g/mol. The predicted molar refractivity (Wildman–Crippen MR) is 124 cm³/mol. The van der Waals surface area contributed by atoms with E-state index in [0.29, 0.717) is 55.5 Å². The summed E-state index contributed by atoms with van der Waals surface area (Å²) in [6, 6.07) is 7.50. The number of hydrogen-bond acceptors (Lipinski definition) is 8. The van der Waals surface area contributed by atoms with Crippen LogP contribution in [0.5, 0.6) is 5.75 Å². The van der Waals surface area contributed by atoms with Crippen molar-refractivity contribution < 1.29 is 14.3 Å². The fourth-order valence-corrected chi connectivity index (χ4v) is 3.43. The monoisotopic (exact) mass is 449 g/mol. The quantitative estimate of drug-likeness (QED) is 0.365. The summed E-state index contributed by atoms with van der Waals surface area (Å²) in [4.78, 5) is 33.3. The first-order valence-electron chi connectivity index (χ1n) is 10.7. The van der Waals surface area contributed by atoms with E-state index in [-0.39, 0.29) is 17.4 Å². The Morgan fingerprint density at radius 3 is 2.82 bits per heavy atom. The number of nitrogens with two attached hydrogens (primary N) is 1. The van der Waals surface area contributed by atoms with Crippen LogP contribution in [-0.4, -0.2) is 59.5 Å². The Hall–Kier alpha value is -4.13. The molecule has 2 aromatic rings. The van der Waals surface area contributed by atoms with Gasteiger partial charge in [-0.3, -0.25) is 14.6 Å². The summed E-state index contributed by atoms with van der Waals surface area (Å²) < 4.78 is 5.83. The van der Waals surface area contributed by atoms with Crippen molar-refractivity contribution in [1.82, 2.24) is 20.2 Å². The maximum atomic E-state index is 11.8. The van der Waals surface area contributed by atoms with E-state index in [1.807, 2.05) is 6.07 Å². The molecular weight excluding hydrogens is 422 g/mol. The van der Waals surface area contributed by atoms with Gasteiger partial charge in [0.25, 0.3) is 0 Å². The van der Waals surface area contributed by atoms with Crippen LogP contribution in [0.15, 0.2) is 36.8 Å². The molecule has 1 aliphatic rings. The van der Waals surface area contributed by atoms with Crippen LogP contribution in [0.4, 0.5) is 5.82 Å². The zero-order valence-corrected chi connectivity index (χ0v) is 18.5. The van der Waals surface area contributed by atoms with Crippen molar-refractivity contribution in [2.24, 2.45) is 5.73 Å². The standard InChI is InChI=1S/C23H27N7O3/c1-16(31)26-6-7-27-21-5-4-17(14-28-21)20-11-19(15-29-23(20)18(12-24)13-25)33-10-9-30-8-2-3-22(30)32/h4-5,11-12,14-15H,2-3,6-10,24H2,1H3,(H,26,31)(H,27,28). The molecule has 172 valence electrons. The molecule has 0 bridgehead atoms. The van der Waals surface area contributed by atoms with E-state index in [1.165, 1.54) is 19.3 Å². The highest BCUT2D eigenvalue weighted by Crippen LogP contribution is 2.30. The number of hydrogen-bond donors (Lipinski definition) is 3. The molecule has 3 heterocycles. The summed E-state index contributed by atoms with van der Waals surface area (Å²) in [7, 11) is 0. The van der Waals surface area contributed by atoms with Crippen molar-refractivity contribution >= 4 is 23.2 Å². The molecule has 2 amide bonds. The second-order valence-corrected chi connectivity index (χ2v) is 7.43. The Labute approximate surface area is 192 Å². The predicted octanol–water partition coefficient (Wildman–Crippen LogP) is 1.52. The Bertz CT molecular complexity index is 1060. The van der Waals surface area contributed by atoms with Gasteiger partial charge in [-0.25, -0.2) is 4.98 Å². The number of aromatic nitrogens is 2. The third-order valence-corrected chi connectivity index (χ3v) is 5.09. The van der Waals surface area contributed by atoms with E-state index in [2.05, 4.69) is 26.7 Å². The van der Waals surface area contributed by atoms with Gasteiger partial charge in [-0.2, -0.15) is 5.26 Å². The molecule has 4 N–H and O–H groups in total. The molecule has 0 aromatic carbocycles. The first-order valence-corrected chi connectivity index (χ1v) is 10.7. The highest BCUT2D eigenvalue weighted by atomic mass is 16.5. The number of rotatable bonds is 10. The number of nitrogens with zero attached hydrogens (tertiary/aromatic N) is 4. The number of nitriles is 1. The SMILES string of the molecule is CC(=O)NCCNc1ccc(-c2cc(OCCN3CCCC3=O)cnc2C(C#N)=CN)cn1. The number of carbonyl (C=O) groups is 2. The van der Waals surface area contributed by atoms with Crippen molar-refractivity contribution in [3.63, 3.8) is 0 Å². The highest BCUT2D eigenvalue weighted by Gasteiger charge is 2.20. The summed E-state index contributed by atoms with van der Waals surface area (Å²) in [5.41, 5.74) is 7.68. The topological polar surface area (TPSA) is 146 Å². The molecule has 0 spiro atoms. The van der Waals surface area contributed by atoms with Gasteiger partial charge in [0, 0.05) is 56.5 Å². The maximum Gasteiger partial charge on any atom is 0.222 e. The van der Waals surface area contributed by atoms with Gasteiger partial charge in [-0.1, -0.05) is 0 Å². The minimum absolute atomic E-state index is 0.0875. The highest BCUT2D eigenvalue weighted by molar-refractivity contribution is 5.85. The lowest BCUT2D eigenvalue weighted by atomic mass is 10.0.